The third-order valence-electron chi connectivity index (χ3n) is 7.45. The highest BCUT2D eigenvalue weighted by Gasteiger charge is 2.42. The van der Waals surface area contributed by atoms with Gasteiger partial charge < -0.3 is 5.32 Å². The van der Waals surface area contributed by atoms with Gasteiger partial charge in [0.05, 0.1) is 10.9 Å². The third-order valence-corrected chi connectivity index (χ3v) is 7.45. The van der Waals surface area contributed by atoms with E-state index in [0.29, 0.717) is 29.3 Å². The van der Waals surface area contributed by atoms with Gasteiger partial charge in [-0.25, -0.2) is 4.79 Å². The molecule has 3 aliphatic rings. The van der Waals surface area contributed by atoms with Gasteiger partial charge in [-0.3, -0.25) is 19.1 Å². The van der Waals surface area contributed by atoms with Crippen LogP contribution in [0.4, 0.5) is 0 Å². The molecule has 7 rings (SSSR count). The molecule has 1 atom stereocenters. The predicted molar refractivity (Wildman–Crippen MR) is 131 cm³/mol. The number of para-hydroxylation sites is 1. The molecule has 4 aromatic rings. The van der Waals surface area contributed by atoms with Gasteiger partial charge in [-0.05, 0) is 46.7 Å². The molecule has 0 fully saturated rings. The van der Waals surface area contributed by atoms with Crippen LogP contribution >= 0.6 is 0 Å². The number of H-pyrrole nitrogens is 1. The Balaban J connectivity index is 1.18. The molecule has 0 radical (unpaired) electrons. The van der Waals surface area contributed by atoms with Crippen molar-refractivity contribution in [2.75, 3.05) is 6.54 Å². The van der Waals surface area contributed by atoms with E-state index >= 15 is 0 Å². The molecule has 2 N–H and O–H groups in total. The number of nitrogens with zero attached hydrogens (tertiary/aromatic N) is 1. The second kappa shape index (κ2) is 8.13. The number of rotatable bonds is 5. The molecule has 1 amide bonds. The van der Waals surface area contributed by atoms with Crippen molar-refractivity contribution in [2.45, 2.75) is 31.2 Å². The first kappa shape index (κ1) is 20.7. The predicted octanol–water partition coefficient (Wildman–Crippen LogP) is 3.49. The molecular formula is C28H25N3O3. The Hall–Kier alpha value is -3.93. The summed E-state index contributed by atoms with van der Waals surface area (Å²) in [6, 6.07) is 24.3. The molecule has 0 saturated heterocycles. The second-order valence-corrected chi connectivity index (χ2v) is 9.27. The molecule has 3 aromatic carbocycles. The van der Waals surface area contributed by atoms with Crippen LogP contribution in [0.3, 0.4) is 0 Å². The van der Waals surface area contributed by atoms with Gasteiger partial charge >= 0.3 is 5.69 Å². The van der Waals surface area contributed by atoms with Crippen LogP contribution in [0.5, 0.6) is 0 Å². The van der Waals surface area contributed by atoms with E-state index in [0.717, 1.165) is 6.42 Å². The maximum Gasteiger partial charge on any atom is 0.328 e. The minimum absolute atomic E-state index is 0.0924. The summed E-state index contributed by atoms with van der Waals surface area (Å²) in [7, 11) is 0. The number of hydrogen-bond donors (Lipinski definition) is 2. The normalized spacial score (nSPS) is 20.1. The fourth-order valence-corrected chi connectivity index (χ4v) is 5.97. The lowest BCUT2D eigenvalue weighted by molar-refractivity contribution is -0.121. The van der Waals surface area contributed by atoms with Gasteiger partial charge in [0.15, 0.2) is 0 Å². The third kappa shape index (κ3) is 3.29. The van der Waals surface area contributed by atoms with Gasteiger partial charge in [-0.2, -0.15) is 0 Å². The number of benzene rings is 3. The minimum Gasteiger partial charge on any atom is -0.356 e. The summed E-state index contributed by atoms with van der Waals surface area (Å²) >= 11 is 0. The van der Waals surface area contributed by atoms with Crippen LogP contribution in [-0.2, 0) is 11.3 Å². The first-order valence-electron chi connectivity index (χ1n) is 11.8. The molecule has 0 spiro atoms. The molecule has 34 heavy (non-hydrogen) atoms. The summed E-state index contributed by atoms with van der Waals surface area (Å²) in [6.07, 6.45) is 1.19. The van der Waals surface area contributed by atoms with Crippen molar-refractivity contribution >= 4 is 16.8 Å². The maximum atomic E-state index is 12.8. The summed E-state index contributed by atoms with van der Waals surface area (Å²) in [4.78, 5) is 39.5. The zero-order chi connectivity index (χ0) is 23.2. The van der Waals surface area contributed by atoms with E-state index in [9.17, 15) is 14.4 Å². The monoisotopic (exact) mass is 451 g/mol. The summed E-state index contributed by atoms with van der Waals surface area (Å²) < 4.78 is 1.46. The number of nitrogens with one attached hydrogen (secondary N) is 2. The number of hydrogen-bond acceptors (Lipinski definition) is 3. The molecule has 3 aliphatic carbocycles. The highest BCUT2D eigenvalue weighted by Crippen LogP contribution is 2.55. The van der Waals surface area contributed by atoms with E-state index in [4.69, 9.17) is 0 Å². The lowest BCUT2D eigenvalue weighted by atomic mass is 9.59. The summed E-state index contributed by atoms with van der Waals surface area (Å²) in [6.45, 7) is 0.814. The van der Waals surface area contributed by atoms with Crippen LogP contribution < -0.4 is 16.6 Å². The van der Waals surface area contributed by atoms with E-state index in [2.05, 4.69) is 58.8 Å². The first-order chi connectivity index (χ1) is 16.6. The van der Waals surface area contributed by atoms with Crippen molar-refractivity contribution in [1.82, 2.24) is 14.9 Å². The van der Waals surface area contributed by atoms with Crippen molar-refractivity contribution in [3.05, 3.63) is 116 Å². The van der Waals surface area contributed by atoms with Crippen LogP contribution in [-0.4, -0.2) is 22.0 Å². The summed E-state index contributed by atoms with van der Waals surface area (Å²) in [5, 5.41) is 3.56. The average molecular weight is 452 g/mol. The zero-order valence-corrected chi connectivity index (χ0v) is 18.7. The van der Waals surface area contributed by atoms with Crippen LogP contribution in [0, 0.1) is 5.92 Å². The summed E-state index contributed by atoms with van der Waals surface area (Å²) in [5.74, 6) is 0.884. The number of fused-ring (bicyclic) bond motifs is 2. The molecule has 6 heteroatoms. The van der Waals surface area contributed by atoms with Crippen LogP contribution in [0.2, 0.25) is 0 Å². The highest BCUT2D eigenvalue weighted by atomic mass is 16.2. The lowest BCUT2D eigenvalue weighted by Gasteiger charge is -2.45. The number of aryl methyl sites for hydroxylation is 1. The van der Waals surface area contributed by atoms with Crippen molar-refractivity contribution in [1.29, 1.82) is 0 Å². The first-order valence-corrected chi connectivity index (χ1v) is 11.8. The molecular weight excluding hydrogens is 426 g/mol. The van der Waals surface area contributed by atoms with Crippen LogP contribution in [0.15, 0.2) is 82.4 Å². The Labute approximate surface area is 196 Å². The van der Waals surface area contributed by atoms with Gasteiger partial charge in [-0.15, -0.1) is 0 Å². The van der Waals surface area contributed by atoms with Crippen molar-refractivity contribution < 1.29 is 4.79 Å². The van der Waals surface area contributed by atoms with Gasteiger partial charge in [0, 0.05) is 31.3 Å². The molecule has 1 heterocycles. The fraction of sp³-hybridized carbons (Fsp3) is 0.250. The number of carbonyl (C=O) groups excluding carboxylic acids is 1. The molecule has 0 saturated carbocycles. The Bertz CT molecular complexity index is 1490. The van der Waals surface area contributed by atoms with E-state index in [1.807, 2.05) is 0 Å². The van der Waals surface area contributed by atoms with E-state index < -0.39 is 11.2 Å². The van der Waals surface area contributed by atoms with Crippen molar-refractivity contribution in [3.63, 3.8) is 0 Å². The van der Waals surface area contributed by atoms with E-state index in [1.54, 1.807) is 24.3 Å². The Morgan fingerprint density at radius 1 is 0.882 bits per heavy atom. The fourth-order valence-electron chi connectivity index (χ4n) is 5.97. The Morgan fingerprint density at radius 2 is 1.50 bits per heavy atom. The lowest BCUT2D eigenvalue weighted by Crippen LogP contribution is -2.39. The molecule has 170 valence electrons. The Kier molecular flexibility index (Phi) is 4.94. The number of carbonyl (C=O) groups is 1. The van der Waals surface area contributed by atoms with Gasteiger partial charge in [-0.1, -0.05) is 60.7 Å². The quantitative estimate of drug-likeness (QED) is 0.487. The molecule has 1 unspecified atom stereocenters. The number of aromatic nitrogens is 2. The van der Waals surface area contributed by atoms with Gasteiger partial charge in [0.1, 0.15) is 0 Å². The van der Waals surface area contributed by atoms with E-state index in [-0.39, 0.29) is 24.8 Å². The van der Waals surface area contributed by atoms with Crippen LogP contribution in [0.25, 0.3) is 10.9 Å². The summed E-state index contributed by atoms with van der Waals surface area (Å²) in [5.41, 5.74) is 5.23. The largest absolute Gasteiger partial charge is 0.356 e. The van der Waals surface area contributed by atoms with Crippen LogP contribution in [0.1, 0.15) is 46.9 Å². The number of amides is 1. The Morgan fingerprint density at radius 3 is 2.21 bits per heavy atom. The zero-order valence-electron chi connectivity index (χ0n) is 18.7. The molecule has 0 aliphatic heterocycles. The van der Waals surface area contributed by atoms with Crippen molar-refractivity contribution in [3.8, 4) is 0 Å². The molecule has 6 nitrogen and oxygen atoms in total. The van der Waals surface area contributed by atoms with Gasteiger partial charge in [0.25, 0.3) is 5.56 Å². The SMILES string of the molecule is O=C(CCn1c(=O)[nH]c(=O)c2ccccc21)NCC1CC2c3ccccc3C1c1ccccc12. The average Bonchev–Trinajstić information content (AvgIpc) is 2.87. The number of aromatic amines is 1. The van der Waals surface area contributed by atoms with Gasteiger partial charge in [0.2, 0.25) is 5.91 Å². The molecule has 2 bridgehead atoms. The van der Waals surface area contributed by atoms with Crippen molar-refractivity contribution in [2.24, 2.45) is 5.92 Å². The standard InChI is InChI=1S/C28H25N3O3/c32-25(13-14-31-24-12-6-5-11-22(24)27(33)30-28(31)34)29-16-17-15-23-18-7-1-3-9-20(18)26(17)21-10-4-2-8-19(21)23/h1-12,17,23,26H,13-16H2,(H,29,32)(H,30,33,34). The maximum absolute atomic E-state index is 12.8. The second-order valence-electron chi connectivity index (χ2n) is 9.27. The smallest absolute Gasteiger partial charge is 0.328 e. The minimum atomic E-state index is -0.491. The van der Waals surface area contributed by atoms with E-state index in [1.165, 1.54) is 26.8 Å². The highest BCUT2D eigenvalue weighted by molar-refractivity contribution is 5.79. The molecule has 1 aromatic heterocycles. The topological polar surface area (TPSA) is 84.0 Å².